The molecule has 2 heteroatoms. The average molecular weight is 244 g/mol. The summed E-state index contributed by atoms with van der Waals surface area (Å²) >= 11 is 0. The molecule has 0 aliphatic carbocycles. The van der Waals surface area contributed by atoms with Gasteiger partial charge in [-0.05, 0) is 63.6 Å². The van der Waals surface area contributed by atoms with Gasteiger partial charge in [0, 0.05) is 24.8 Å². The minimum atomic E-state index is 0.0913. The van der Waals surface area contributed by atoms with E-state index in [1.54, 1.807) is 0 Å². The fourth-order valence-electron chi connectivity index (χ4n) is 2.73. The van der Waals surface area contributed by atoms with Gasteiger partial charge in [0.1, 0.15) is 0 Å². The van der Waals surface area contributed by atoms with Gasteiger partial charge in [-0.15, -0.1) is 0 Å². The normalized spacial score (nSPS) is 17.4. The van der Waals surface area contributed by atoms with E-state index in [1.807, 2.05) is 7.05 Å². The van der Waals surface area contributed by atoms with Crippen LogP contribution in [0.2, 0.25) is 0 Å². The van der Waals surface area contributed by atoms with Crippen molar-refractivity contribution < 1.29 is 0 Å². The summed E-state index contributed by atoms with van der Waals surface area (Å²) in [4.78, 5) is 2.37. The number of aryl methyl sites for hydroxylation is 1. The van der Waals surface area contributed by atoms with Crippen molar-refractivity contribution in [2.75, 3.05) is 19.0 Å². The lowest BCUT2D eigenvalue weighted by Gasteiger charge is -2.41. The number of nitrogens with one attached hydrogen (secondary N) is 1. The lowest BCUT2D eigenvalue weighted by atomic mass is 9.87. The molecule has 1 aromatic rings. The molecule has 0 saturated heterocycles. The highest BCUT2D eigenvalue weighted by atomic mass is 15.2. The second-order valence-electron chi connectivity index (χ2n) is 5.87. The van der Waals surface area contributed by atoms with Gasteiger partial charge in [-0.25, -0.2) is 0 Å². The smallest absolute Gasteiger partial charge is 0.0531 e. The summed E-state index contributed by atoms with van der Waals surface area (Å²) in [5.41, 5.74) is 6.93. The highest BCUT2D eigenvalue weighted by molar-refractivity contribution is 5.81. The molecule has 0 spiro atoms. The number of rotatable bonds is 2. The third-order valence-electron chi connectivity index (χ3n) is 4.04. The molecule has 1 aromatic carbocycles. The molecule has 0 saturated carbocycles. The van der Waals surface area contributed by atoms with Gasteiger partial charge in [-0.2, -0.15) is 0 Å². The summed E-state index contributed by atoms with van der Waals surface area (Å²) in [7, 11) is 4.18. The highest BCUT2D eigenvalue weighted by Gasteiger charge is 2.28. The maximum Gasteiger partial charge on any atom is 0.0531 e. The second-order valence-corrected chi connectivity index (χ2v) is 5.87. The van der Waals surface area contributed by atoms with Crippen LogP contribution in [0.1, 0.15) is 37.5 Å². The van der Waals surface area contributed by atoms with Crippen molar-refractivity contribution in [1.29, 1.82) is 0 Å². The van der Waals surface area contributed by atoms with E-state index in [9.17, 15) is 0 Å². The van der Waals surface area contributed by atoms with Gasteiger partial charge < -0.3 is 10.2 Å². The molecule has 2 nitrogen and oxygen atoms in total. The molecule has 0 unspecified atom stereocenters. The Morgan fingerprint density at radius 2 is 1.89 bits per heavy atom. The van der Waals surface area contributed by atoms with Gasteiger partial charge in [-0.3, -0.25) is 0 Å². The number of nitrogens with zero attached hydrogens (tertiary/aromatic N) is 1. The van der Waals surface area contributed by atoms with Crippen LogP contribution < -0.4 is 10.2 Å². The highest BCUT2D eigenvalue weighted by Crippen LogP contribution is 2.39. The van der Waals surface area contributed by atoms with Crippen molar-refractivity contribution >= 4 is 11.3 Å². The van der Waals surface area contributed by atoms with Gasteiger partial charge in [-0.1, -0.05) is 6.08 Å². The van der Waals surface area contributed by atoms with E-state index < -0.39 is 0 Å². The molecule has 1 N–H and O–H groups in total. The van der Waals surface area contributed by atoms with Crippen LogP contribution in [0.3, 0.4) is 0 Å². The molecule has 1 aliphatic rings. The van der Waals surface area contributed by atoms with E-state index in [4.69, 9.17) is 0 Å². The summed E-state index contributed by atoms with van der Waals surface area (Å²) in [5, 5.41) is 3.24. The van der Waals surface area contributed by atoms with Gasteiger partial charge >= 0.3 is 0 Å². The molecule has 0 radical (unpaired) electrons. The van der Waals surface area contributed by atoms with Crippen LogP contribution >= 0.6 is 0 Å². The van der Waals surface area contributed by atoms with Gasteiger partial charge in [0.25, 0.3) is 0 Å². The number of hydrogen-bond acceptors (Lipinski definition) is 2. The molecule has 0 aromatic heterocycles. The monoisotopic (exact) mass is 244 g/mol. The Hall–Kier alpha value is -1.28. The SMILES string of the molecule is CNCc1cc2c(cc1C)N(C)C(C)(C)C=C2C. The Morgan fingerprint density at radius 1 is 1.22 bits per heavy atom. The summed E-state index contributed by atoms with van der Waals surface area (Å²) in [6.07, 6.45) is 2.35. The molecule has 0 atom stereocenters. The van der Waals surface area contributed by atoms with E-state index in [-0.39, 0.29) is 5.54 Å². The minimum Gasteiger partial charge on any atom is -0.365 e. The molecule has 18 heavy (non-hydrogen) atoms. The lowest BCUT2D eigenvalue weighted by Crippen LogP contribution is -2.42. The lowest BCUT2D eigenvalue weighted by molar-refractivity contribution is 0.597. The van der Waals surface area contributed by atoms with Gasteiger partial charge in [0.05, 0.1) is 5.54 Å². The Kier molecular flexibility index (Phi) is 3.24. The van der Waals surface area contributed by atoms with E-state index in [1.165, 1.54) is 28.0 Å². The van der Waals surface area contributed by atoms with Gasteiger partial charge in [0.2, 0.25) is 0 Å². The van der Waals surface area contributed by atoms with E-state index in [2.05, 4.69) is 63.2 Å². The topological polar surface area (TPSA) is 15.3 Å². The standard InChI is InChI=1S/C16H24N2/c1-11-7-15-14(8-13(11)10-17-5)12(2)9-16(3,4)18(15)6/h7-9,17H,10H2,1-6H3. The minimum absolute atomic E-state index is 0.0913. The zero-order valence-corrected chi connectivity index (χ0v) is 12.4. The fraction of sp³-hybridized carbons (Fsp3) is 0.500. The third-order valence-corrected chi connectivity index (χ3v) is 4.04. The Labute approximate surface area is 111 Å². The number of likely N-dealkylation sites (N-methyl/N-ethyl adjacent to an activating group) is 1. The molecule has 98 valence electrons. The summed E-state index contributed by atoms with van der Waals surface area (Å²) in [6.45, 7) is 9.86. The second kappa shape index (κ2) is 4.43. The van der Waals surface area contributed by atoms with Crippen LogP contribution in [0.15, 0.2) is 18.2 Å². The van der Waals surface area contributed by atoms with Crippen molar-refractivity contribution in [1.82, 2.24) is 5.32 Å². The van der Waals surface area contributed by atoms with Crippen LogP contribution in [-0.4, -0.2) is 19.6 Å². The molecular formula is C16H24N2. The first-order valence-electron chi connectivity index (χ1n) is 6.58. The van der Waals surface area contributed by atoms with Crippen LogP contribution in [0.4, 0.5) is 5.69 Å². The Bertz CT molecular complexity index is 498. The van der Waals surface area contributed by atoms with Crippen molar-refractivity contribution in [3.8, 4) is 0 Å². The molecule has 0 amide bonds. The molecule has 0 fully saturated rings. The first-order valence-corrected chi connectivity index (χ1v) is 6.58. The number of fused-ring (bicyclic) bond motifs is 1. The zero-order valence-electron chi connectivity index (χ0n) is 12.4. The van der Waals surface area contributed by atoms with Crippen LogP contribution in [0.25, 0.3) is 5.57 Å². The molecule has 1 heterocycles. The van der Waals surface area contributed by atoms with E-state index in [0.29, 0.717) is 0 Å². The van der Waals surface area contributed by atoms with Crippen LogP contribution in [-0.2, 0) is 6.54 Å². The molecule has 1 aliphatic heterocycles. The van der Waals surface area contributed by atoms with Crippen molar-refractivity contribution in [2.24, 2.45) is 0 Å². The van der Waals surface area contributed by atoms with Crippen LogP contribution in [0, 0.1) is 6.92 Å². The summed E-state index contributed by atoms with van der Waals surface area (Å²) in [5.74, 6) is 0. The number of anilines is 1. The first-order chi connectivity index (χ1) is 8.36. The number of hydrogen-bond donors (Lipinski definition) is 1. The first kappa shape index (κ1) is 13.2. The maximum absolute atomic E-state index is 3.24. The molecular weight excluding hydrogens is 220 g/mol. The predicted molar refractivity (Wildman–Crippen MR) is 80.1 cm³/mol. The Balaban J connectivity index is 2.58. The zero-order chi connectivity index (χ0) is 13.5. The van der Waals surface area contributed by atoms with Crippen molar-refractivity contribution in [2.45, 2.75) is 39.8 Å². The molecule has 2 rings (SSSR count). The van der Waals surface area contributed by atoms with E-state index in [0.717, 1.165) is 6.54 Å². The van der Waals surface area contributed by atoms with Crippen molar-refractivity contribution in [3.63, 3.8) is 0 Å². The quantitative estimate of drug-likeness (QED) is 0.858. The third kappa shape index (κ3) is 2.05. The Morgan fingerprint density at radius 3 is 2.50 bits per heavy atom. The van der Waals surface area contributed by atoms with Gasteiger partial charge in [0.15, 0.2) is 0 Å². The summed E-state index contributed by atoms with van der Waals surface area (Å²) in [6, 6.07) is 4.65. The molecule has 0 bridgehead atoms. The number of benzene rings is 1. The largest absolute Gasteiger partial charge is 0.365 e. The summed E-state index contributed by atoms with van der Waals surface area (Å²) < 4.78 is 0. The fourth-order valence-corrected chi connectivity index (χ4v) is 2.73. The van der Waals surface area contributed by atoms with Crippen molar-refractivity contribution in [3.05, 3.63) is 34.9 Å². The average Bonchev–Trinajstić information content (AvgIpc) is 2.28. The predicted octanol–water partition coefficient (Wildman–Crippen LogP) is 3.35. The van der Waals surface area contributed by atoms with Crippen LogP contribution in [0.5, 0.6) is 0 Å². The van der Waals surface area contributed by atoms with E-state index >= 15 is 0 Å². The maximum atomic E-state index is 3.24. The number of allylic oxidation sites excluding steroid dienone is 1.